The molecule has 1 heterocycles. The summed E-state index contributed by atoms with van der Waals surface area (Å²) in [6.45, 7) is 4.65. The first-order valence-electron chi connectivity index (χ1n) is 9.38. The zero-order chi connectivity index (χ0) is 21.9. The van der Waals surface area contributed by atoms with Crippen molar-refractivity contribution in [1.82, 2.24) is 15.1 Å². The highest BCUT2D eigenvalue weighted by Crippen LogP contribution is 2.26. The third-order valence-electron chi connectivity index (χ3n) is 4.36. The Morgan fingerprint density at radius 1 is 1.13 bits per heavy atom. The maximum atomic E-state index is 12.3. The molecule has 2 aromatic carbocycles. The summed E-state index contributed by atoms with van der Waals surface area (Å²) in [5, 5.41) is 13.3. The van der Waals surface area contributed by atoms with E-state index in [1.807, 2.05) is 32.0 Å². The molecule has 0 aliphatic heterocycles. The smallest absolute Gasteiger partial charge is 0.238 e. The molecule has 0 fully saturated rings. The number of amides is 1. The Labute approximate surface area is 180 Å². The summed E-state index contributed by atoms with van der Waals surface area (Å²) in [6.07, 6.45) is 0.134. The van der Waals surface area contributed by atoms with Crippen LogP contribution in [0.4, 0.5) is 0 Å². The van der Waals surface area contributed by atoms with Crippen LogP contribution in [-0.2, 0) is 21.2 Å². The fraction of sp³-hybridized carbons (Fsp3) is 0.238. The van der Waals surface area contributed by atoms with E-state index in [0.717, 1.165) is 11.3 Å². The summed E-state index contributed by atoms with van der Waals surface area (Å²) in [5.41, 5.74) is 2.84. The zero-order valence-electron chi connectivity index (χ0n) is 16.7. The predicted octanol–water partition coefficient (Wildman–Crippen LogP) is 3.15. The number of nitrogens with two attached hydrogens (primary N) is 1. The van der Waals surface area contributed by atoms with E-state index in [1.165, 1.54) is 12.1 Å². The molecule has 0 radical (unpaired) electrons. The Morgan fingerprint density at radius 2 is 1.77 bits per heavy atom. The van der Waals surface area contributed by atoms with Crippen molar-refractivity contribution in [1.29, 1.82) is 0 Å². The summed E-state index contributed by atoms with van der Waals surface area (Å²) in [6, 6.07) is 15.2. The first-order valence-corrected chi connectivity index (χ1v) is 11.3. The van der Waals surface area contributed by atoms with Crippen LogP contribution in [0.25, 0.3) is 16.9 Å². The van der Waals surface area contributed by atoms with Crippen molar-refractivity contribution in [3.63, 3.8) is 0 Å². The highest BCUT2D eigenvalue weighted by Gasteiger charge is 2.15. The molecule has 0 unspecified atom stereocenters. The maximum absolute atomic E-state index is 12.3. The number of carbonyl (C=O) groups is 1. The molecule has 9 heteroatoms. The van der Waals surface area contributed by atoms with Gasteiger partial charge in [-0.2, -0.15) is 5.10 Å². The fourth-order valence-electron chi connectivity index (χ4n) is 2.86. The molecule has 0 bridgehead atoms. The van der Waals surface area contributed by atoms with Crippen LogP contribution >= 0.6 is 11.6 Å². The Morgan fingerprint density at radius 3 is 2.33 bits per heavy atom. The average Bonchev–Trinajstić information content (AvgIpc) is 3.10. The van der Waals surface area contributed by atoms with Crippen LogP contribution in [0.3, 0.4) is 0 Å². The van der Waals surface area contributed by atoms with Crippen molar-refractivity contribution in [2.75, 3.05) is 6.54 Å². The van der Waals surface area contributed by atoms with Gasteiger partial charge < -0.3 is 5.32 Å². The molecule has 0 aliphatic carbocycles. The number of nitrogens with one attached hydrogen (secondary N) is 1. The molecule has 0 saturated heterocycles. The van der Waals surface area contributed by atoms with Crippen LogP contribution in [0.1, 0.15) is 19.5 Å². The monoisotopic (exact) mass is 446 g/mol. The predicted molar refractivity (Wildman–Crippen MR) is 117 cm³/mol. The fourth-order valence-corrected chi connectivity index (χ4v) is 3.50. The summed E-state index contributed by atoms with van der Waals surface area (Å²) < 4.78 is 24.7. The van der Waals surface area contributed by atoms with E-state index in [0.29, 0.717) is 28.9 Å². The molecular formula is C21H23ClN4O3S. The summed E-state index contributed by atoms with van der Waals surface area (Å²) in [7, 11) is -3.79. The van der Waals surface area contributed by atoms with Gasteiger partial charge in [-0.15, -0.1) is 0 Å². The Kier molecular flexibility index (Phi) is 6.60. The molecule has 1 aromatic heterocycles. The quantitative estimate of drug-likeness (QED) is 0.581. The molecule has 30 heavy (non-hydrogen) atoms. The summed E-state index contributed by atoms with van der Waals surface area (Å²) in [4.78, 5) is 12.3. The second-order valence-electron chi connectivity index (χ2n) is 7.35. The molecule has 3 N–H and O–H groups in total. The van der Waals surface area contributed by atoms with E-state index >= 15 is 0 Å². The molecule has 7 nitrogen and oxygen atoms in total. The second-order valence-corrected chi connectivity index (χ2v) is 9.35. The van der Waals surface area contributed by atoms with Gasteiger partial charge in [0.05, 0.1) is 28.4 Å². The molecule has 3 aromatic rings. The Balaban J connectivity index is 1.98. The lowest BCUT2D eigenvalue weighted by Gasteiger charge is -2.08. The number of aromatic nitrogens is 2. The Hall–Kier alpha value is -2.68. The van der Waals surface area contributed by atoms with E-state index in [1.54, 1.807) is 28.9 Å². The van der Waals surface area contributed by atoms with E-state index in [-0.39, 0.29) is 17.2 Å². The van der Waals surface area contributed by atoms with E-state index in [9.17, 15) is 13.2 Å². The van der Waals surface area contributed by atoms with Gasteiger partial charge in [0.15, 0.2) is 0 Å². The van der Waals surface area contributed by atoms with Crippen molar-refractivity contribution < 1.29 is 13.2 Å². The lowest BCUT2D eigenvalue weighted by molar-refractivity contribution is -0.120. The van der Waals surface area contributed by atoms with Gasteiger partial charge in [0.2, 0.25) is 15.9 Å². The molecule has 158 valence electrons. The first kappa shape index (κ1) is 22.0. The number of hydrogen-bond donors (Lipinski definition) is 2. The minimum atomic E-state index is -3.79. The number of primary sulfonamides is 1. The van der Waals surface area contributed by atoms with Crippen LogP contribution in [-0.4, -0.2) is 30.7 Å². The third-order valence-corrected chi connectivity index (χ3v) is 5.54. The standard InChI is InChI=1S/C21H23ClN4O3S/c1-14(2)13-24-21(27)12-17-11-20(15-3-5-16(22)6-4-15)26(25-17)18-7-9-19(10-8-18)30(23,28)29/h3-11,14H,12-13H2,1-2H3,(H,24,27)(H2,23,28,29). The second kappa shape index (κ2) is 8.99. The number of nitrogens with zero attached hydrogens (tertiary/aromatic N) is 2. The minimum Gasteiger partial charge on any atom is -0.356 e. The lowest BCUT2D eigenvalue weighted by atomic mass is 10.1. The topological polar surface area (TPSA) is 107 Å². The average molecular weight is 447 g/mol. The molecule has 0 atom stereocenters. The largest absolute Gasteiger partial charge is 0.356 e. The van der Waals surface area contributed by atoms with Crippen LogP contribution in [0.15, 0.2) is 59.5 Å². The van der Waals surface area contributed by atoms with Crippen molar-refractivity contribution >= 4 is 27.5 Å². The van der Waals surface area contributed by atoms with E-state index < -0.39 is 10.0 Å². The van der Waals surface area contributed by atoms with Gasteiger partial charge in [-0.05, 0) is 48.4 Å². The van der Waals surface area contributed by atoms with E-state index in [2.05, 4.69) is 10.4 Å². The van der Waals surface area contributed by atoms with Gasteiger partial charge in [-0.1, -0.05) is 37.6 Å². The minimum absolute atomic E-state index is 0.0136. The third kappa shape index (κ3) is 5.47. The number of carbonyl (C=O) groups excluding carboxylic acids is 1. The lowest BCUT2D eigenvalue weighted by Crippen LogP contribution is -2.28. The summed E-state index contributed by atoms with van der Waals surface area (Å²) in [5.74, 6) is 0.244. The summed E-state index contributed by atoms with van der Waals surface area (Å²) >= 11 is 6.01. The van der Waals surface area contributed by atoms with Gasteiger partial charge in [-0.25, -0.2) is 18.2 Å². The number of benzene rings is 2. The number of rotatable bonds is 7. The number of halogens is 1. The molecule has 1 amide bonds. The van der Waals surface area contributed by atoms with Gasteiger partial charge in [0, 0.05) is 17.1 Å². The first-order chi connectivity index (χ1) is 14.1. The maximum Gasteiger partial charge on any atom is 0.238 e. The van der Waals surface area contributed by atoms with Gasteiger partial charge in [0.25, 0.3) is 0 Å². The molecule has 0 saturated carbocycles. The van der Waals surface area contributed by atoms with Crippen LogP contribution in [0.5, 0.6) is 0 Å². The number of sulfonamides is 1. The van der Waals surface area contributed by atoms with Gasteiger partial charge in [0.1, 0.15) is 0 Å². The Bertz CT molecular complexity index is 1140. The highest BCUT2D eigenvalue weighted by atomic mass is 35.5. The van der Waals surface area contributed by atoms with Crippen molar-refractivity contribution in [2.45, 2.75) is 25.2 Å². The molecule has 3 rings (SSSR count). The normalized spacial score (nSPS) is 11.6. The van der Waals surface area contributed by atoms with Crippen molar-refractivity contribution in [3.8, 4) is 16.9 Å². The van der Waals surface area contributed by atoms with Gasteiger partial charge >= 0.3 is 0 Å². The molecular weight excluding hydrogens is 424 g/mol. The highest BCUT2D eigenvalue weighted by molar-refractivity contribution is 7.89. The van der Waals surface area contributed by atoms with E-state index in [4.69, 9.17) is 16.7 Å². The molecule has 0 aliphatic rings. The SMILES string of the molecule is CC(C)CNC(=O)Cc1cc(-c2ccc(Cl)cc2)n(-c2ccc(S(N)(=O)=O)cc2)n1. The van der Waals surface area contributed by atoms with Gasteiger partial charge in [-0.3, -0.25) is 4.79 Å². The van der Waals surface area contributed by atoms with Crippen LogP contribution in [0, 0.1) is 5.92 Å². The van der Waals surface area contributed by atoms with Crippen LogP contribution in [0.2, 0.25) is 5.02 Å². The van der Waals surface area contributed by atoms with Crippen LogP contribution < -0.4 is 10.5 Å². The van der Waals surface area contributed by atoms with Crippen molar-refractivity contribution in [3.05, 3.63) is 65.3 Å². The molecule has 0 spiro atoms. The zero-order valence-corrected chi connectivity index (χ0v) is 18.2. The number of hydrogen-bond acceptors (Lipinski definition) is 4. The van der Waals surface area contributed by atoms with Crippen molar-refractivity contribution in [2.24, 2.45) is 11.1 Å².